The summed E-state index contributed by atoms with van der Waals surface area (Å²) in [4.78, 5) is 12.1. The van der Waals surface area contributed by atoms with Gasteiger partial charge in [-0.1, -0.05) is 54.1 Å². The smallest absolute Gasteiger partial charge is 0.262 e. The zero-order valence-electron chi connectivity index (χ0n) is 13.7. The molecule has 3 rings (SSSR count). The molecule has 0 bridgehead atoms. The maximum atomic E-state index is 12.1. The van der Waals surface area contributed by atoms with Crippen LogP contribution >= 0.6 is 11.6 Å². The zero-order valence-corrected chi connectivity index (χ0v) is 14.5. The Bertz CT molecular complexity index is 923. The van der Waals surface area contributed by atoms with Gasteiger partial charge in [0.25, 0.3) is 5.91 Å². The normalized spacial score (nSPS) is 12.2. The summed E-state index contributed by atoms with van der Waals surface area (Å²) in [6, 6.07) is 20.9. The van der Waals surface area contributed by atoms with Gasteiger partial charge in [0.1, 0.15) is 6.04 Å². The number of nitrogens with zero attached hydrogens (tertiary/aromatic N) is 1. The number of rotatable bonds is 5. The molecule has 0 radical (unpaired) electrons. The summed E-state index contributed by atoms with van der Waals surface area (Å²) in [5.41, 5.74) is 4.26. The Morgan fingerprint density at radius 2 is 1.84 bits per heavy atom. The third kappa shape index (κ3) is 4.58. The summed E-state index contributed by atoms with van der Waals surface area (Å²) >= 11 is 5.94. The van der Waals surface area contributed by atoms with Crippen LogP contribution in [0.1, 0.15) is 12.5 Å². The van der Waals surface area contributed by atoms with Crippen LogP contribution in [0.2, 0.25) is 5.02 Å². The molecule has 3 aromatic rings. The lowest BCUT2D eigenvalue weighted by atomic mass is 10.1. The van der Waals surface area contributed by atoms with E-state index in [0.717, 1.165) is 16.6 Å². The molecule has 2 N–H and O–H groups in total. The predicted molar refractivity (Wildman–Crippen MR) is 104 cm³/mol. The number of hydrogen-bond donors (Lipinski definition) is 2. The van der Waals surface area contributed by atoms with Crippen molar-refractivity contribution in [3.63, 3.8) is 0 Å². The molecular formula is C20H18ClN3O. The van der Waals surface area contributed by atoms with Crippen LogP contribution in [0.3, 0.4) is 0 Å². The number of hydrazone groups is 1. The molecule has 0 saturated carbocycles. The van der Waals surface area contributed by atoms with Crippen LogP contribution in [-0.4, -0.2) is 18.2 Å². The van der Waals surface area contributed by atoms with E-state index >= 15 is 0 Å². The minimum Gasteiger partial charge on any atom is -0.374 e. The van der Waals surface area contributed by atoms with Crippen molar-refractivity contribution in [1.82, 2.24) is 5.43 Å². The van der Waals surface area contributed by atoms with Crippen molar-refractivity contribution in [2.45, 2.75) is 13.0 Å². The first kappa shape index (κ1) is 17.0. The molecule has 3 aromatic carbocycles. The highest BCUT2D eigenvalue weighted by Crippen LogP contribution is 2.16. The van der Waals surface area contributed by atoms with E-state index in [2.05, 4.69) is 21.9 Å². The van der Waals surface area contributed by atoms with Crippen molar-refractivity contribution < 1.29 is 4.79 Å². The molecular weight excluding hydrogens is 334 g/mol. The molecule has 0 saturated heterocycles. The molecule has 25 heavy (non-hydrogen) atoms. The first-order chi connectivity index (χ1) is 12.1. The number of fused-ring (bicyclic) bond motifs is 1. The molecule has 0 aliphatic heterocycles. The number of carbonyl (C=O) groups is 1. The fourth-order valence-electron chi connectivity index (χ4n) is 2.45. The number of hydrogen-bond acceptors (Lipinski definition) is 3. The monoisotopic (exact) mass is 351 g/mol. The lowest BCUT2D eigenvalue weighted by Gasteiger charge is -2.13. The molecule has 0 aromatic heterocycles. The van der Waals surface area contributed by atoms with Gasteiger partial charge in [-0.05, 0) is 47.5 Å². The van der Waals surface area contributed by atoms with Gasteiger partial charge in [0, 0.05) is 10.7 Å². The Morgan fingerprint density at radius 3 is 2.64 bits per heavy atom. The molecule has 126 valence electrons. The van der Waals surface area contributed by atoms with E-state index in [-0.39, 0.29) is 5.91 Å². The van der Waals surface area contributed by atoms with Gasteiger partial charge in [0.2, 0.25) is 0 Å². The second kappa shape index (κ2) is 7.81. The Hall–Kier alpha value is -2.85. The van der Waals surface area contributed by atoms with Crippen LogP contribution in [-0.2, 0) is 4.79 Å². The maximum Gasteiger partial charge on any atom is 0.262 e. The Balaban J connectivity index is 1.59. The Morgan fingerprint density at radius 1 is 1.04 bits per heavy atom. The molecule has 0 aliphatic rings. The van der Waals surface area contributed by atoms with Crippen LogP contribution in [0.5, 0.6) is 0 Å². The SMILES string of the molecule is C[C@H](Nc1cccc(Cl)c1)C(=O)N/N=C\c1ccc2ccccc2c1. The molecule has 4 nitrogen and oxygen atoms in total. The van der Waals surface area contributed by atoms with Gasteiger partial charge < -0.3 is 5.32 Å². The van der Waals surface area contributed by atoms with Crippen LogP contribution in [0.4, 0.5) is 5.69 Å². The second-order valence-electron chi connectivity index (χ2n) is 5.72. The quantitative estimate of drug-likeness (QED) is 0.527. The topological polar surface area (TPSA) is 53.5 Å². The van der Waals surface area contributed by atoms with Crippen molar-refractivity contribution in [2.24, 2.45) is 5.10 Å². The summed E-state index contributed by atoms with van der Waals surface area (Å²) in [7, 11) is 0. The molecule has 1 atom stereocenters. The fraction of sp³-hybridized carbons (Fsp3) is 0.100. The van der Waals surface area contributed by atoms with E-state index in [4.69, 9.17) is 11.6 Å². The van der Waals surface area contributed by atoms with Crippen molar-refractivity contribution >= 4 is 40.2 Å². The third-order valence-corrected chi connectivity index (χ3v) is 4.00. The lowest BCUT2D eigenvalue weighted by molar-refractivity contribution is -0.121. The molecule has 0 spiro atoms. The Labute approximate surface area is 151 Å². The van der Waals surface area contributed by atoms with Crippen molar-refractivity contribution in [3.05, 3.63) is 77.3 Å². The third-order valence-electron chi connectivity index (χ3n) is 3.76. The predicted octanol–water partition coefficient (Wildman–Crippen LogP) is 4.44. The van der Waals surface area contributed by atoms with E-state index in [1.807, 2.05) is 48.5 Å². The molecule has 0 aliphatic carbocycles. The van der Waals surface area contributed by atoms with Crippen molar-refractivity contribution in [1.29, 1.82) is 0 Å². The summed E-state index contributed by atoms with van der Waals surface area (Å²) < 4.78 is 0. The van der Waals surface area contributed by atoms with E-state index in [9.17, 15) is 4.79 Å². The van der Waals surface area contributed by atoms with E-state index in [1.165, 1.54) is 5.39 Å². The standard InChI is InChI=1S/C20H18ClN3O/c1-14(23-19-8-4-7-18(21)12-19)20(25)24-22-13-15-9-10-16-5-2-3-6-17(16)11-15/h2-14,23H,1H3,(H,24,25)/b22-13-/t14-/m0/s1. The van der Waals surface area contributed by atoms with Gasteiger partial charge in [-0.3, -0.25) is 4.79 Å². The van der Waals surface area contributed by atoms with Gasteiger partial charge in [0.05, 0.1) is 6.21 Å². The van der Waals surface area contributed by atoms with Gasteiger partial charge in [-0.15, -0.1) is 0 Å². The highest BCUT2D eigenvalue weighted by Gasteiger charge is 2.11. The van der Waals surface area contributed by atoms with Crippen molar-refractivity contribution in [3.8, 4) is 0 Å². The van der Waals surface area contributed by atoms with Crippen LogP contribution in [0, 0.1) is 0 Å². The number of amides is 1. The molecule has 0 unspecified atom stereocenters. The molecule has 0 fully saturated rings. The summed E-state index contributed by atoms with van der Waals surface area (Å²) in [5, 5.41) is 10.0. The van der Waals surface area contributed by atoms with Gasteiger partial charge in [-0.25, -0.2) is 5.43 Å². The second-order valence-corrected chi connectivity index (χ2v) is 6.15. The lowest BCUT2D eigenvalue weighted by Crippen LogP contribution is -2.34. The number of benzene rings is 3. The van der Waals surface area contributed by atoms with E-state index in [1.54, 1.807) is 25.3 Å². The number of nitrogens with one attached hydrogen (secondary N) is 2. The highest BCUT2D eigenvalue weighted by molar-refractivity contribution is 6.30. The Kier molecular flexibility index (Phi) is 5.31. The number of halogens is 1. The minimum absolute atomic E-state index is 0.225. The summed E-state index contributed by atoms with van der Waals surface area (Å²) in [6.07, 6.45) is 1.64. The summed E-state index contributed by atoms with van der Waals surface area (Å²) in [6.45, 7) is 1.77. The molecule has 1 amide bonds. The average Bonchev–Trinajstić information content (AvgIpc) is 2.61. The molecule has 0 heterocycles. The maximum absolute atomic E-state index is 12.1. The van der Waals surface area contributed by atoms with Crippen LogP contribution < -0.4 is 10.7 Å². The van der Waals surface area contributed by atoms with Gasteiger partial charge in [0.15, 0.2) is 0 Å². The zero-order chi connectivity index (χ0) is 17.6. The average molecular weight is 352 g/mol. The van der Waals surface area contributed by atoms with Crippen molar-refractivity contribution in [2.75, 3.05) is 5.32 Å². The van der Waals surface area contributed by atoms with E-state index < -0.39 is 6.04 Å². The number of carbonyl (C=O) groups excluding carboxylic acids is 1. The van der Waals surface area contributed by atoms with Crippen LogP contribution in [0.15, 0.2) is 71.8 Å². The largest absolute Gasteiger partial charge is 0.374 e. The van der Waals surface area contributed by atoms with Gasteiger partial charge in [-0.2, -0.15) is 5.10 Å². The van der Waals surface area contributed by atoms with E-state index in [0.29, 0.717) is 5.02 Å². The number of anilines is 1. The van der Waals surface area contributed by atoms with Gasteiger partial charge >= 0.3 is 0 Å². The van der Waals surface area contributed by atoms with Crippen LogP contribution in [0.25, 0.3) is 10.8 Å². The molecule has 5 heteroatoms. The first-order valence-electron chi connectivity index (χ1n) is 7.96. The highest BCUT2D eigenvalue weighted by atomic mass is 35.5. The minimum atomic E-state index is -0.438. The summed E-state index contributed by atoms with van der Waals surface area (Å²) in [5.74, 6) is -0.225. The fourth-order valence-corrected chi connectivity index (χ4v) is 2.64. The first-order valence-corrected chi connectivity index (χ1v) is 8.33.